The quantitative estimate of drug-likeness (QED) is 0.753. The minimum atomic E-state index is -0.561. The number of thiophene rings is 1. The normalized spacial score (nSPS) is 14.8. The number of anilines is 2. The van der Waals surface area contributed by atoms with Crippen molar-refractivity contribution in [2.75, 3.05) is 30.8 Å². The molecule has 5 nitrogen and oxygen atoms in total. The van der Waals surface area contributed by atoms with Crippen LogP contribution in [0.5, 0.6) is 11.5 Å². The van der Waals surface area contributed by atoms with E-state index in [4.69, 9.17) is 15.2 Å². The fourth-order valence-electron chi connectivity index (χ4n) is 2.05. The van der Waals surface area contributed by atoms with Gasteiger partial charge >= 0.3 is 0 Å². The molecule has 0 fully saturated rings. The number of rotatable bonds is 4. The average Bonchev–Trinajstić information content (AvgIpc) is 2.99. The number of hydrogen-bond acceptors (Lipinski definition) is 6. The fourth-order valence-corrected chi connectivity index (χ4v) is 2.75. The van der Waals surface area contributed by atoms with Gasteiger partial charge in [0.1, 0.15) is 13.2 Å². The largest absolute Gasteiger partial charge is 0.486 e. The number of hydrogen-bond donors (Lipinski definition) is 3. The van der Waals surface area contributed by atoms with Gasteiger partial charge in [0, 0.05) is 18.7 Å². The zero-order chi connectivity index (χ0) is 13.9. The van der Waals surface area contributed by atoms with Crippen molar-refractivity contribution in [2.45, 2.75) is 6.10 Å². The first-order chi connectivity index (χ1) is 9.74. The van der Waals surface area contributed by atoms with Crippen LogP contribution in [0.3, 0.4) is 0 Å². The highest BCUT2D eigenvalue weighted by Crippen LogP contribution is 2.37. The van der Waals surface area contributed by atoms with Crippen molar-refractivity contribution in [3.05, 3.63) is 34.5 Å². The summed E-state index contributed by atoms with van der Waals surface area (Å²) in [6.45, 7) is 1.46. The van der Waals surface area contributed by atoms with Gasteiger partial charge in [-0.15, -0.1) is 0 Å². The van der Waals surface area contributed by atoms with Crippen molar-refractivity contribution in [3.8, 4) is 11.5 Å². The summed E-state index contributed by atoms with van der Waals surface area (Å²) < 4.78 is 11.0. The van der Waals surface area contributed by atoms with Gasteiger partial charge < -0.3 is 25.6 Å². The molecule has 0 bridgehead atoms. The summed E-state index contributed by atoms with van der Waals surface area (Å²) in [7, 11) is 0. The van der Waals surface area contributed by atoms with Crippen LogP contribution in [0.2, 0.25) is 0 Å². The van der Waals surface area contributed by atoms with Gasteiger partial charge in [0.25, 0.3) is 0 Å². The average molecular weight is 292 g/mol. The number of benzene rings is 1. The lowest BCUT2D eigenvalue weighted by molar-refractivity contribution is 0.171. The van der Waals surface area contributed by atoms with E-state index >= 15 is 0 Å². The molecular formula is C14H16N2O3S. The number of aliphatic hydroxyl groups excluding tert-OH is 1. The van der Waals surface area contributed by atoms with E-state index in [9.17, 15) is 5.11 Å². The van der Waals surface area contributed by atoms with Crippen LogP contribution < -0.4 is 20.5 Å². The Bertz CT molecular complexity index is 586. The second-order valence-electron chi connectivity index (χ2n) is 4.54. The molecule has 3 rings (SSSR count). The predicted octanol–water partition coefficient (Wildman–Crippen LogP) is 2.25. The summed E-state index contributed by atoms with van der Waals surface area (Å²) >= 11 is 1.56. The van der Waals surface area contributed by atoms with Crippen LogP contribution in [0.25, 0.3) is 0 Å². The maximum Gasteiger partial charge on any atom is 0.163 e. The van der Waals surface area contributed by atoms with E-state index in [1.165, 1.54) is 0 Å². The summed E-state index contributed by atoms with van der Waals surface area (Å²) in [6, 6.07) is 5.46. The Labute approximate surface area is 120 Å². The third kappa shape index (κ3) is 2.66. The van der Waals surface area contributed by atoms with E-state index in [1.54, 1.807) is 17.4 Å². The molecule has 1 aliphatic rings. The first-order valence-corrected chi connectivity index (χ1v) is 7.31. The third-order valence-electron chi connectivity index (χ3n) is 3.13. The van der Waals surface area contributed by atoms with E-state index < -0.39 is 6.10 Å². The molecule has 2 aromatic rings. The van der Waals surface area contributed by atoms with Crippen LogP contribution in [0.4, 0.5) is 11.4 Å². The molecule has 1 aromatic heterocycles. The molecule has 4 N–H and O–H groups in total. The van der Waals surface area contributed by atoms with E-state index in [0.717, 1.165) is 11.3 Å². The van der Waals surface area contributed by atoms with E-state index in [1.807, 2.05) is 22.9 Å². The number of nitrogens with two attached hydrogens (primary N) is 1. The van der Waals surface area contributed by atoms with Crippen LogP contribution >= 0.6 is 11.3 Å². The molecule has 0 saturated heterocycles. The predicted molar refractivity (Wildman–Crippen MR) is 79.6 cm³/mol. The Morgan fingerprint density at radius 2 is 2.05 bits per heavy atom. The van der Waals surface area contributed by atoms with Gasteiger partial charge in [0.2, 0.25) is 0 Å². The Balaban J connectivity index is 1.71. The van der Waals surface area contributed by atoms with Crippen molar-refractivity contribution < 1.29 is 14.6 Å². The topological polar surface area (TPSA) is 76.7 Å². The number of nitrogens with one attached hydrogen (secondary N) is 1. The molecule has 0 aliphatic carbocycles. The standard InChI is InChI=1S/C14H16N2O3S/c15-10-5-13-14(19-3-2-18-13)6-11(10)16-7-12(17)9-1-4-20-8-9/h1,4-6,8,12,16-17H,2-3,7,15H2. The summed E-state index contributed by atoms with van der Waals surface area (Å²) in [5, 5.41) is 17.1. The molecule has 106 valence electrons. The van der Waals surface area contributed by atoms with E-state index in [2.05, 4.69) is 5.32 Å². The number of ether oxygens (including phenoxy) is 2. The first-order valence-electron chi connectivity index (χ1n) is 6.37. The fraction of sp³-hybridized carbons (Fsp3) is 0.286. The summed E-state index contributed by atoms with van der Waals surface area (Å²) in [5.41, 5.74) is 8.19. The lowest BCUT2D eigenvalue weighted by Gasteiger charge is -2.21. The Morgan fingerprint density at radius 1 is 1.30 bits per heavy atom. The van der Waals surface area contributed by atoms with Gasteiger partial charge in [0.15, 0.2) is 11.5 Å². The molecule has 0 radical (unpaired) electrons. The van der Waals surface area contributed by atoms with Crippen molar-refractivity contribution in [1.82, 2.24) is 0 Å². The summed E-state index contributed by atoms with van der Waals surface area (Å²) in [6.07, 6.45) is -0.561. The molecule has 0 spiro atoms. The Kier molecular flexibility index (Phi) is 3.66. The van der Waals surface area contributed by atoms with Crippen LogP contribution in [0.15, 0.2) is 29.0 Å². The lowest BCUT2D eigenvalue weighted by Crippen LogP contribution is -2.17. The van der Waals surface area contributed by atoms with Gasteiger partial charge in [-0.3, -0.25) is 0 Å². The minimum Gasteiger partial charge on any atom is -0.486 e. The molecule has 1 unspecified atom stereocenters. The van der Waals surface area contributed by atoms with Gasteiger partial charge in [-0.05, 0) is 22.4 Å². The smallest absolute Gasteiger partial charge is 0.163 e. The maximum atomic E-state index is 10.0. The van der Waals surface area contributed by atoms with Gasteiger partial charge in [-0.1, -0.05) is 0 Å². The van der Waals surface area contributed by atoms with Crippen molar-refractivity contribution in [2.24, 2.45) is 0 Å². The van der Waals surface area contributed by atoms with Crippen molar-refractivity contribution >= 4 is 22.7 Å². The van der Waals surface area contributed by atoms with Gasteiger partial charge in [0.05, 0.1) is 17.5 Å². The van der Waals surface area contributed by atoms with Crippen LogP contribution in [-0.4, -0.2) is 24.9 Å². The van der Waals surface area contributed by atoms with Crippen LogP contribution in [0.1, 0.15) is 11.7 Å². The van der Waals surface area contributed by atoms with E-state index in [0.29, 0.717) is 36.9 Å². The molecule has 0 saturated carbocycles. The maximum absolute atomic E-state index is 10.0. The van der Waals surface area contributed by atoms with Gasteiger partial charge in [-0.25, -0.2) is 0 Å². The molecule has 6 heteroatoms. The lowest BCUT2D eigenvalue weighted by atomic mass is 10.2. The third-order valence-corrected chi connectivity index (χ3v) is 3.83. The zero-order valence-corrected chi connectivity index (χ0v) is 11.7. The second kappa shape index (κ2) is 5.60. The molecular weight excluding hydrogens is 276 g/mol. The molecule has 1 aromatic carbocycles. The monoisotopic (exact) mass is 292 g/mol. The molecule has 1 aliphatic heterocycles. The van der Waals surface area contributed by atoms with Crippen molar-refractivity contribution in [1.29, 1.82) is 0 Å². The van der Waals surface area contributed by atoms with Crippen molar-refractivity contribution in [3.63, 3.8) is 0 Å². The Hall–Kier alpha value is -1.92. The minimum absolute atomic E-state index is 0.389. The molecule has 1 atom stereocenters. The number of aliphatic hydroxyl groups is 1. The zero-order valence-electron chi connectivity index (χ0n) is 10.8. The number of fused-ring (bicyclic) bond motifs is 1. The summed E-state index contributed by atoms with van der Waals surface area (Å²) in [5.74, 6) is 1.34. The summed E-state index contributed by atoms with van der Waals surface area (Å²) in [4.78, 5) is 0. The molecule has 0 amide bonds. The van der Waals surface area contributed by atoms with E-state index in [-0.39, 0.29) is 0 Å². The van der Waals surface area contributed by atoms with Crippen LogP contribution in [0, 0.1) is 0 Å². The SMILES string of the molecule is Nc1cc2c(cc1NCC(O)c1ccsc1)OCCO2. The first kappa shape index (κ1) is 13.1. The highest BCUT2D eigenvalue weighted by Gasteiger charge is 2.15. The van der Waals surface area contributed by atoms with Crippen LogP contribution in [-0.2, 0) is 0 Å². The van der Waals surface area contributed by atoms with Gasteiger partial charge in [-0.2, -0.15) is 11.3 Å². The molecule has 20 heavy (non-hydrogen) atoms. The molecule has 2 heterocycles. The Morgan fingerprint density at radius 3 is 2.75 bits per heavy atom. The highest BCUT2D eigenvalue weighted by atomic mass is 32.1. The highest BCUT2D eigenvalue weighted by molar-refractivity contribution is 7.07. The second-order valence-corrected chi connectivity index (χ2v) is 5.32. The number of nitrogen functional groups attached to an aromatic ring is 1.